The minimum Gasteiger partial charge on any atom is -0.399 e. The number of nitrogens with one attached hydrogen (secondary N) is 1. The minimum atomic E-state index is -0.596. The van der Waals surface area contributed by atoms with Gasteiger partial charge in [0.1, 0.15) is 11.6 Å². The summed E-state index contributed by atoms with van der Waals surface area (Å²) in [6.45, 7) is 0. The molecule has 0 bridgehead atoms. The summed E-state index contributed by atoms with van der Waals surface area (Å²) in [6.07, 6.45) is 0. The van der Waals surface area contributed by atoms with Crippen LogP contribution >= 0.6 is 15.9 Å². The Kier molecular flexibility index (Phi) is 3.80. The predicted molar refractivity (Wildman–Crippen MR) is 72.9 cm³/mol. The van der Waals surface area contributed by atoms with Gasteiger partial charge in [-0.3, -0.25) is 4.79 Å². The molecule has 0 saturated heterocycles. The second-order valence-corrected chi connectivity index (χ2v) is 4.67. The Morgan fingerprint density at radius 3 is 2.58 bits per heavy atom. The van der Waals surface area contributed by atoms with Crippen molar-refractivity contribution in [1.82, 2.24) is 0 Å². The molecule has 0 atom stereocenters. The molecule has 6 heteroatoms. The molecule has 2 aromatic rings. The molecule has 0 aromatic heterocycles. The molecular weight excluding hydrogens is 318 g/mol. The summed E-state index contributed by atoms with van der Waals surface area (Å²) in [5, 5.41) is 2.38. The van der Waals surface area contributed by atoms with Crippen molar-refractivity contribution in [3.05, 3.63) is 58.1 Å². The number of hydrogen-bond acceptors (Lipinski definition) is 2. The maximum atomic E-state index is 13.5. The summed E-state index contributed by atoms with van der Waals surface area (Å²) in [5.74, 6) is -1.63. The van der Waals surface area contributed by atoms with Crippen molar-refractivity contribution in [3.63, 3.8) is 0 Å². The van der Waals surface area contributed by atoms with Crippen molar-refractivity contribution in [2.24, 2.45) is 0 Å². The number of carbonyl (C=O) groups excluding carboxylic acids is 1. The van der Waals surface area contributed by atoms with E-state index in [0.29, 0.717) is 5.69 Å². The third kappa shape index (κ3) is 3.08. The maximum Gasteiger partial charge on any atom is 0.256 e. The third-order valence-electron chi connectivity index (χ3n) is 2.41. The number of carbonyl (C=O) groups is 1. The quantitative estimate of drug-likeness (QED) is 0.829. The van der Waals surface area contributed by atoms with Gasteiger partial charge in [0.2, 0.25) is 0 Å². The average Bonchev–Trinajstić information content (AvgIpc) is 2.33. The lowest BCUT2D eigenvalue weighted by Crippen LogP contribution is -2.14. The molecule has 0 radical (unpaired) electrons. The highest BCUT2D eigenvalue weighted by Crippen LogP contribution is 2.22. The molecule has 0 aliphatic rings. The summed E-state index contributed by atoms with van der Waals surface area (Å²) in [4.78, 5) is 11.9. The monoisotopic (exact) mass is 326 g/mol. The second-order valence-electron chi connectivity index (χ2n) is 3.82. The van der Waals surface area contributed by atoms with Crippen LogP contribution in [0.1, 0.15) is 10.4 Å². The fraction of sp³-hybridized carbons (Fsp3) is 0. The molecule has 2 rings (SSSR count). The first-order valence-electron chi connectivity index (χ1n) is 5.29. The van der Waals surface area contributed by atoms with Crippen LogP contribution in [0.5, 0.6) is 0 Å². The number of amides is 1. The number of rotatable bonds is 2. The number of benzene rings is 2. The van der Waals surface area contributed by atoms with E-state index in [0.717, 1.165) is 18.2 Å². The van der Waals surface area contributed by atoms with Crippen LogP contribution < -0.4 is 11.1 Å². The van der Waals surface area contributed by atoms with Gasteiger partial charge in [0, 0.05) is 10.2 Å². The van der Waals surface area contributed by atoms with Crippen LogP contribution in [0.15, 0.2) is 40.9 Å². The van der Waals surface area contributed by atoms with Crippen LogP contribution in [-0.4, -0.2) is 5.91 Å². The van der Waals surface area contributed by atoms with E-state index in [2.05, 4.69) is 21.2 Å². The maximum absolute atomic E-state index is 13.5. The Labute approximate surface area is 116 Å². The van der Waals surface area contributed by atoms with E-state index in [-0.39, 0.29) is 15.7 Å². The van der Waals surface area contributed by atoms with Crippen molar-refractivity contribution in [2.75, 3.05) is 11.1 Å². The van der Waals surface area contributed by atoms with Crippen LogP contribution in [0.25, 0.3) is 0 Å². The number of anilines is 2. The predicted octanol–water partition coefficient (Wildman–Crippen LogP) is 3.56. The highest BCUT2D eigenvalue weighted by molar-refractivity contribution is 9.10. The molecule has 1 amide bonds. The SMILES string of the molecule is Nc1ccc(F)c(NC(=O)c2ccc(F)cc2Br)c1. The van der Waals surface area contributed by atoms with E-state index in [9.17, 15) is 13.6 Å². The van der Waals surface area contributed by atoms with Crippen molar-refractivity contribution >= 4 is 33.2 Å². The van der Waals surface area contributed by atoms with Gasteiger partial charge in [-0.2, -0.15) is 0 Å². The second kappa shape index (κ2) is 5.36. The van der Waals surface area contributed by atoms with Crippen LogP contribution in [0.4, 0.5) is 20.2 Å². The zero-order valence-corrected chi connectivity index (χ0v) is 11.2. The molecule has 0 heterocycles. The van der Waals surface area contributed by atoms with E-state index in [4.69, 9.17) is 5.73 Å². The van der Waals surface area contributed by atoms with Crippen molar-refractivity contribution in [2.45, 2.75) is 0 Å². The van der Waals surface area contributed by atoms with Gasteiger partial charge in [0.05, 0.1) is 11.3 Å². The molecular formula is C13H9BrF2N2O. The van der Waals surface area contributed by atoms with Gasteiger partial charge in [-0.15, -0.1) is 0 Å². The van der Waals surface area contributed by atoms with Gasteiger partial charge >= 0.3 is 0 Å². The van der Waals surface area contributed by atoms with E-state index >= 15 is 0 Å². The Morgan fingerprint density at radius 2 is 1.89 bits per heavy atom. The van der Waals surface area contributed by atoms with Gasteiger partial charge < -0.3 is 11.1 Å². The molecule has 0 fully saturated rings. The number of nitrogen functional groups attached to an aromatic ring is 1. The van der Waals surface area contributed by atoms with Crippen molar-refractivity contribution in [3.8, 4) is 0 Å². The van der Waals surface area contributed by atoms with Crippen LogP contribution in [0, 0.1) is 11.6 Å². The van der Waals surface area contributed by atoms with Gasteiger partial charge in [-0.05, 0) is 52.3 Å². The van der Waals surface area contributed by atoms with Crippen molar-refractivity contribution in [1.29, 1.82) is 0 Å². The fourth-order valence-corrected chi connectivity index (χ4v) is 2.03. The molecule has 0 unspecified atom stereocenters. The fourth-order valence-electron chi connectivity index (χ4n) is 1.50. The summed E-state index contributed by atoms with van der Waals surface area (Å²) >= 11 is 3.07. The van der Waals surface area contributed by atoms with Crippen molar-refractivity contribution < 1.29 is 13.6 Å². The standard InChI is InChI=1S/C13H9BrF2N2O/c14-10-5-7(15)1-3-9(10)13(19)18-12-6-8(17)2-4-11(12)16/h1-6H,17H2,(H,18,19). The number of nitrogens with two attached hydrogens (primary N) is 1. The van der Waals surface area contributed by atoms with E-state index < -0.39 is 17.5 Å². The highest BCUT2D eigenvalue weighted by Gasteiger charge is 2.13. The highest BCUT2D eigenvalue weighted by atomic mass is 79.9. The Bertz CT molecular complexity index is 647. The molecule has 0 saturated carbocycles. The summed E-state index contributed by atoms with van der Waals surface area (Å²) in [5.41, 5.74) is 6.01. The minimum absolute atomic E-state index is 0.0266. The van der Waals surface area contributed by atoms with Gasteiger partial charge in [-0.25, -0.2) is 8.78 Å². The van der Waals surface area contributed by atoms with E-state index in [1.165, 1.54) is 18.2 Å². The lowest BCUT2D eigenvalue weighted by Gasteiger charge is -2.08. The Hall–Kier alpha value is -1.95. The van der Waals surface area contributed by atoms with Crippen LogP contribution in [0.2, 0.25) is 0 Å². The molecule has 3 nitrogen and oxygen atoms in total. The van der Waals surface area contributed by atoms with Crippen LogP contribution in [0.3, 0.4) is 0 Å². The molecule has 0 spiro atoms. The molecule has 19 heavy (non-hydrogen) atoms. The number of halogens is 3. The molecule has 2 aromatic carbocycles. The Balaban J connectivity index is 2.28. The average molecular weight is 327 g/mol. The molecule has 0 aliphatic heterocycles. The zero-order valence-electron chi connectivity index (χ0n) is 9.58. The molecule has 3 N–H and O–H groups in total. The first kappa shape index (κ1) is 13.5. The summed E-state index contributed by atoms with van der Waals surface area (Å²) in [7, 11) is 0. The molecule has 98 valence electrons. The normalized spacial score (nSPS) is 10.3. The topological polar surface area (TPSA) is 55.1 Å². The lowest BCUT2D eigenvalue weighted by atomic mass is 10.2. The van der Waals surface area contributed by atoms with Crippen LogP contribution in [-0.2, 0) is 0 Å². The van der Waals surface area contributed by atoms with E-state index in [1.54, 1.807) is 0 Å². The molecule has 0 aliphatic carbocycles. The van der Waals surface area contributed by atoms with E-state index in [1.807, 2.05) is 0 Å². The summed E-state index contributed by atoms with van der Waals surface area (Å²) in [6, 6.07) is 7.47. The first-order valence-corrected chi connectivity index (χ1v) is 6.08. The largest absolute Gasteiger partial charge is 0.399 e. The van der Waals surface area contributed by atoms with Gasteiger partial charge in [0.25, 0.3) is 5.91 Å². The van der Waals surface area contributed by atoms with Gasteiger partial charge in [0.15, 0.2) is 0 Å². The zero-order chi connectivity index (χ0) is 14.0. The first-order chi connectivity index (χ1) is 8.97. The van der Waals surface area contributed by atoms with Gasteiger partial charge in [-0.1, -0.05) is 0 Å². The summed E-state index contributed by atoms with van der Waals surface area (Å²) < 4.78 is 26.7. The lowest BCUT2D eigenvalue weighted by molar-refractivity contribution is 0.102. The Morgan fingerprint density at radius 1 is 1.16 bits per heavy atom. The number of hydrogen-bond donors (Lipinski definition) is 2. The smallest absolute Gasteiger partial charge is 0.256 e. The third-order valence-corrected chi connectivity index (χ3v) is 3.07.